The van der Waals surface area contributed by atoms with Crippen molar-refractivity contribution in [3.05, 3.63) is 36.0 Å². The average Bonchev–Trinajstić information content (AvgIpc) is 3.00. The number of hydrogen-bond donors (Lipinski definition) is 2. The molecule has 0 bridgehead atoms. The van der Waals surface area contributed by atoms with Crippen molar-refractivity contribution in [3.63, 3.8) is 0 Å². The van der Waals surface area contributed by atoms with Crippen molar-refractivity contribution in [2.75, 3.05) is 19.8 Å². The van der Waals surface area contributed by atoms with Crippen LogP contribution in [0.25, 0.3) is 10.9 Å². The van der Waals surface area contributed by atoms with Crippen LogP contribution in [0, 0.1) is 0 Å². The highest BCUT2D eigenvalue weighted by atomic mass is 16.5. The predicted octanol–water partition coefficient (Wildman–Crippen LogP) is 1.41. The molecule has 1 saturated heterocycles. The van der Waals surface area contributed by atoms with Crippen LogP contribution in [-0.4, -0.2) is 52.7 Å². The fourth-order valence-electron chi connectivity index (χ4n) is 2.76. The number of aromatic nitrogens is 1. The minimum atomic E-state index is -1.01. The smallest absolute Gasteiger partial charge is 0.328 e. The van der Waals surface area contributed by atoms with Crippen molar-refractivity contribution in [1.29, 1.82) is 0 Å². The van der Waals surface area contributed by atoms with Crippen LogP contribution < -0.4 is 0 Å². The summed E-state index contributed by atoms with van der Waals surface area (Å²) in [4.78, 5) is 28.0. The van der Waals surface area contributed by atoms with Gasteiger partial charge in [-0.15, -0.1) is 0 Å². The summed E-state index contributed by atoms with van der Waals surface area (Å²) < 4.78 is 5.15. The number of fused-ring (bicyclic) bond motifs is 1. The SMILES string of the molecule is O=C(O)[C@@H]1COCCN1C(=O)CCc1ccc2[nH]ccc2c1. The van der Waals surface area contributed by atoms with Gasteiger partial charge in [-0.05, 0) is 35.6 Å². The van der Waals surface area contributed by atoms with E-state index in [0.717, 1.165) is 16.5 Å². The van der Waals surface area contributed by atoms with E-state index in [1.165, 1.54) is 4.90 Å². The molecule has 2 heterocycles. The highest BCUT2D eigenvalue weighted by Gasteiger charge is 2.32. The molecule has 0 aliphatic carbocycles. The molecule has 1 atom stereocenters. The normalized spacial score (nSPS) is 18.5. The van der Waals surface area contributed by atoms with E-state index in [9.17, 15) is 9.59 Å². The molecule has 1 aromatic heterocycles. The van der Waals surface area contributed by atoms with Crippen molar-refractivity contribution in [3.8, 4) is 0 Å². The molecule has 1 fully saturated rings. The first-order valence-electron chi connectivity index (χ1n) is 7.31. The standard InChI is InChI=1S/C16H18N2O4/c19-15(18-7-8-22-10-14(18)16(20)21)4-2-11-1-3-13-12(9-11)5-6-17-13/h1,3,5-6,9,14,17H,2,4,7-8,10H2,(H,20,21)/t14-/m0/s1. The lowest BCUT2D eigenvalue weighted by Crippen LogP contribution is -2.52. The molecule has 1 aromatic carbocycles. The summed E-state index contributed by atoms with van der Waals surface area (Å²) in [7, 11) is 0. The van der Waals surface area contributed by atoms with Gasteiger partial charge in [0.1, 0.15) is 0 Å². The minimum absolute atomic E-state index is 0.0659. The Morgan fingerprint density at radius 2 is 2.23 bits per heavy atom. The molecule has 2 N–H and O–H groups in total. The Labute approximate surface area is 127 Å². The fraction of sp³-hybridized carbons (Fsp3) is 0.375. The third-order valence-corrected chi connectivity index (χ3v) is 3.98. The molecule has 0 spiro atoms. The maximum Gasteiger partial charge on any atom is 0.328 e. The second kappa shape index (κ2) is 6.19. The molecule has 0 saturated carbocycles. The van der Waals surface area contributed by atoms with Gasteiger partial charge < -0.3 is 19.7 Å². The maximum absolute atomic E-state index is 12.3. The number of H-pyrrole nitrogens is 1. The number of carbonyl (C=O) groups is 2. The molecule has 0 unspecified atom stereocenters. The number of carboxylic acids is 1. The topological polar surface area (TPSA) is 82.6 Å². The first-order valence-corrected chi connectivity index (χ1v) is 7.31. The van der Waals surface area contributed by atoms with E-state index in [-0.39, 0.29) is 12.5 Å². The van der Waals surface area contributed by atoms with Gasteiger partial charge in [0, 0.05) is 24.7 Å². The predicted molar refractivity (Wildman–Crippen MR) is 80.6 cm³/mol. The lowest BCUT2D eigenvalue weighted by Gasteiger charge is -2.32. The molecule has 1 amide bonds. The summed E-state index contributed by atoms with van der Waals surface area (Å²) >= 11 is 0. The van der Waals surface area contributed by atoms with Crippen molar-refractivity contribution in [2.45, 2.75) is 18.9 Å². The number of aliphatic carboxylic acids is 1. The molecule has 6 heteroatoms. The number of nitrogens with one attached hydrogen (secondary N) is 1. The number of aryl methyl sites for hydroxylation is 1. The molecular formula is C16H18N2O4. The van der Waals surface area contributed by atoms with Crippen LogP contribution in [0.2, 0.25) is 0 Å². The molecule has 1 aliphatic rings. The van der Waals surface area contributed by atoms with Crippen LogP contribution in [0.1, 0.15) is 12.0 Å². The average molecular weight is 302 g/mol. The fourth-order valence-corrected chi connectivity index (χ4v) is 2.76. The van der Waals surface area contributed by atoms with Crippen molar-refractivity contribution in [1.82, 2.24) is 9.88 Å². The molecular weight excluding hydrogens is 284 g/mol. The Kier molecular flexibility index (Phi) is 4.11. The number of aromatic amines is 1. The first kappa shape index (κ1) is 14.6. The Bertz CT molecular complexity index is 694. The lowest BCUT2D eigenvalue weighted by atomic mass is 10.1. The summed E-state index contributed by atoms with van der Waals surface area (Å²) in [6, 6.07) is 7.15. The van der Waals surface area contributed by atoms with Gasteiger partial charge in [0.05, 0.1) is 13.2 Å². The molecule has 0 radical (unpaired) electrons. The van der Waals surface area contributed by atoms with Crippen LogP contribution in [0.15, 0.2) is 30.5 Å². The maximum atomic E-state index is 12.3. The molecule has 2 aromatic rings. The van der Waals surface area contributed by atoms with Crippen LogP contribution >= 0.6 is 0 Å². The third kappa shape index (κ3) is 2.96. The number of carbonyl (C=O) groups excluding carboxylic acids is 1. The van der Waals surface area contributed by atoms with Gasteiger partial charge in [-0.1, -0.05) is 6.07 Å². The van der Waals surface area contributed by atoms with E-state index in [0.29, 0.717) is 26.0 Å². The second-order valence-corrected chi connectivity index (χ2v) is 5.42. The number of benzene rings is 1. The number of morpholine rings is 1. The quantitative estimate of drug-likeness (QED) is 0.894. The monoisotopic (exact) mass is 302 g/mol. The first-order chi connectivity index (χ1) is 10.6. The van der Waals surface area contributed by atoms with Crippen LogP contribution in [-0.2, 0) is 20.7 Å². The summed E-state index contributed by atoms with van der Waals surface area (Å²) in [6.45, 7) is 0.799. The van der Waals surface area contributed by atoms with E-state index in [1.54, 1.807) is 0 Å². The van der Waals surface area contributed by atoms with Gasteiger partial charge in [0.15, 0.2) is 6.04 Å². The zero-order chi connectivity index (χ0) is 15.5. The van der Waals surface area contributed by atoms with Gasteiger partial charge >= 0.3 is 5.97 Å². The van der Waals surface area contributed by atoms with Gasteiger partial charge in [-0.25, -0.2) is 4.79 Å². The molecule has 22 heavy (non-hydrogen) atoms. The van der Waals surface area contributed by atoms with E-state index >= 15 is 0 Å². The Hall–Kier alpha value is -2.34. The van der Waals surface area contributed by atoms with Crippen LogP contribution in [0.4, 0.5) is 0 Å². The van der Waals surface area contributed by atoms with Gasteiger partial charge in [0.2, 0.25) is 5.91 Å². The van der Waals surface area contributed by atoms with E-state index in [1.807, 2.05) is 30.5 Å². The Morgan fingerprint density at radius 3 is 3.05 bits per heavy atom. The van der Waals surface area contributed by atoms with Crippen LogP contribution in [0.3, 0.4) is 0 Å². The number of rotatable bonds is 4. The number of nitrogens with zero attached hydrogens (tertiary/aromatic N) is 1. The minimum Gasteiger partial charge on any atom is -0.480 e. The summed E-state index contributed by atoms with van der Waals surface area (Å²) in [6.07, 6.45) is 2.79. The molecule has 116 valence electrons. The van der Waals surface area contributed by atoms with Crippen molar-refractivity contribution in [2.24, 2.45) is 0 Å². The van der Waals surface area contributed by atoms with E-state index in [2.05, 4.69) is 4.98 Å². The molecule has 6 nitrogen and oxygen atoms in total. The highest BCUT2D eigenvalue weighted by Crippen LogP contribution is 2.16. The number of carboxylic acid groups (broad SMARTS) is 1. The number of amides is 1. The van der Waals surface area contributed by atoms with E-state index < -0.39 is 12.0 Å². The Balaban J connectivity index is 1.64. The highest BCUT2D eigenvalue weighted by molar-refractivity contribution is 5.84. The Morgan fingerprint density at radius 1 is 1.36 bits per heavy atom. The lowest BCUT2D eigenvalue weighted by molar-refractivity contribution is -0.158. The largest absolute Gasteiger partial charge is 0.480 e. The molecule has 1 aliphatic heterocycles. The van der Waals surface area contributed by atoms with E-state index in [4.69, 9.17) is 9.84 Å². The second-order valence-electron chi connectivity index (χ2n) is 5.42. The summed E-state index contributed by atoms with van der Waals surface area (Å²) in [5.74, 6) is -1.15. The van der Waals surface area contributed by atoms with Gasteiger partial charge in [0.25, 0.3) is 0 Å². The van der Waals surface area contributed by atoms with Gasteiger partial charge in [-0.2, -0.15) is 0 Å². The van der Waals surface area contributed by atoms with Gasteiger partial charge in [-0.3, -0.25) is 4.79 Å². The number of hydrogen-bond acceptors (Lipinski definition) is 3. The molecule has 3 rings (SSSR count). The van der Waals surface area contributed by atoms with Crippen LogP contribution in [0.5, 0.6) is 0 Å². The van der Waals surface area contributed by atoms with Crippen molar-refractivity contribution >= 4 is 22.8 Å². The summed E-state index contributed by atoms with van der Waals surface area (Å²) in [5.41, 5.74) is 2.13. The number of ether oxygens (including phenoxy) is 1. The summed E-state index contributed by atoms with van der Waals surface area (Å²) in [5, 5.41) is 10.3. The zero-order valence-corrected chi connectivity index (χ0v) is 12.1. The third-order valence-electron chi connectivity index (χ3n) is 3.98. The van der Waals surface area contributed by atoms with Crippen molar-refractivity contribution < 1.29 is 19.4 Å². The zero-order valence-electron chi connectivity index (χ0n) is 12.1.